The van der Waals surface area contributed by atoms with Crippen molar-refractivity contribution in [1.29, 1.82) is 0 Å². The summed E-state index contributed by atoms with van der Waals surface area (Å²) in [5.41, 5.74) is 1.76. The summed E-state index contributed by atoms with van der Waals surface area (Å²) in [4.78, 5) is 27.4. The van der Waals surface area contributed by atoms with Crippen molar-refractivity contribution in [2.24, 2.45) is 11.8 Å². The number of carbonyl (C=O) groups excluding carboxylic acids is 1. The zero-order valence-corrected chi connectivity index (χ0v) is 18.3. The third-order valence-corrected chi connectivity index (χ3v) is 6.38. The summed E-state index contributed by atoms with van der Waals surface area (Å²) in [5, 5.41) is 8.32. The number of amides is 1. The number of carbonyl (C=O) groups is 1. The molecule has 31 heavy (non-hydrogen) atoms. The Hall–Kier alpha value is -2.99. The lowest BCUT2D eigenvalue weighted by Gasteiger charge is -2.34. The van der Waals surface area contributed by atoms with E-state index in [4.69, 9.17) is 0 Å². The Bertz CT molecular complexity index is 1110. The number of benzene rings is 2. The average molecular weight is 419 g/mol. The van der Waals surface area contributed by atoms with E-state index < -0.39 is 0 Å². The largest absolute Gasteiger partial charge is 0.324 e. The maximum Gasteiger partial charge on any atom is 0.275 e. The molecule has 0 unspecified atom stereocenters. The molecule has 4 rings (SSSR count). The summed E-state index contributed by atoms with van der Waals surface area (Å²) in [6.45, 7) is 4.62. The van der Waals surface area contributed by atoms with Crippen molar-refractivity contribution < 1.29 is 4.79 Å². The predicted molar refractivity (Wildman–Crippen MR) is 124 cm³/mol. The van der Waals surface area contributed by atoms with Crippen LogP contribution in [0.5, 0.6) is 0 Å². The molecule has 0 saturated carbocycles. The number of piperidine rings is 1. The Kier molecular flexibility index (Phi) is 6.47. The van der Waals surface area contributed by atoms with E-state index in [1.54, 1.807) is 12.3 Å². The summed E-state index contributed by atoms with van der Waals surface area (Å²) in [6, 6.07) is 15.3. The first-order chi connectivity index (χ1) is 15.0. The van der Waals surface area contributed by atoms with Crippen LogP contribution in [0, 0.1) is 11.8 Å². The van der Waals surface area contributed by atoms with Gasteiger partial charge in [0, 0.05) is 17.6 Å². The highest BCUT2D eigenvalue weighted by molar-refractivity contribution is 5.90. The Morgan fingerprint density at radius 3 is 2.71 bits per heavy atom. The molecule has 2 atom stereocenters. The van der Waals surface area contributed by atoms with Gasteiger partial charge in [0.05, 0.1) is 11.6 Å². The van der Waals surface area contributed by atoms with Gasteiger partial charge in [-0.1, -0.05) is 37.3 Å². The van der Waals surface area contributed by atoms with Crippen molar-refractivity contribution in [1.82, 2.24) is 14.7 Å². The number of fused-ring (bicyclic) bond motifs is 1. The molecule has 6 heteroatoms. The molecule has 1 aliphatic heterocycles. The normalized spacial score (nSPS) is 19.4. The van der Waals surface area contributed by atoms with Gasteiger partial charge >= 0.3 is 0 Å². The number of hydrogen-bond donors (Lipinski definition) is 1. The van der Waals surface area contributed by atoms with E-state index in [-0.39, 0.29) is 18.0 Å². The predicted octanol–water partition coefficient (Wildman–Crippen LogP) is 3.56. The molecule has 0 bridgehead atoms. The maximum absolute atomic E-state index is 12.5. The van der Waals surface area contributed by atoms with Crippen LogP contribution in [-0.2, 0) is 17.8 Å². The fourth-order valence-corrected chi connectivity index (χ4v) is 4.52. The van der Waals surface area contributed by atoms with Crippen LogP contribution in [0.1, 0.15) is 25.3 Å². The molecule has 2 aromatic carbocycles. The minimum Gasteiger partial charge on any atom is -0.324 e. The minimum atomic E-state index is -0.266. The fourth-order valence-electron chi connectivity index (χ4n) is 4.52. The van der Waals surface area contributed by atoms with E-state index in [0.29, 0.717) is 5.39 Å². The molecule has 1 saturated heterocycles. The van der Waals surface area contributed by atoms with Crippen LogP contribution < -0.4 is 10.9 Å². The van der Waals surface area contributed by atoms with E-state index in [1.807, 2.05) is 30.3 Å². The van der Waals surface area contributed by atoms with Gasteiger partial charge < -0.3 is 10.2 Å². The molecular formula is C25H30N4O2. The second-order valence-electron chi connectivity index (χ2n) is 8.77. The number of aryl methyl sites for hydroxylation is 1. The molecular weight excluding hydrogens is 388 g/mol. The number of nitrogens with zero attached hydrogens (tertiary/aromatic N) is 3. The van der Waals surface area contributed by atoms with Crippen LogP contribution in [0.2, 0.25) is 0 Å². The van der Waals surface area contributed by atoms with Gasteiger partial charge in [-0.15, -0.1) is 0 Å². The van der Waals surface area contributed by atoms with Crippen LogP contribution in [-0.4, -0.2) is 40.7 Å². The molecule has 1 fully saturated rings. The Morgan fingerprint density at radius 2 is 1.94 bits per heavy atom. The first-order valence-corrected chi connectivity index (χ1v) is 11.0. The minimum absolute atomic E-state index is 0.112. The molecule has 1 aromatic heterocycles. The van der Waals surface area contributed by atoms with Gasteiger partial charge in [-0.05, 0) is 68.5 Å². The number of aromatic nitrogens is 2. The standard InChI is InChI=1S/C25H30N4O2/c1-18-16-28(2)14-13-20(18)10-7-19-8-11-22(12-9-19)27-24(30)17-29-25(31)23-6-4-3-5-21(23)15-26-29/h3-6,8-9,11-12,15,18,20H,7,10,13-14,16-17H2,1-2H3,(H,27,30)/t18-,20-/m1/s1. The third kappa shape index (κ3) is 5.20. The first-order valence-electron chi connectivity index (χ1n) is 11.0. The van der Waals surface area contributed by atoms with Gasteiger partial charge in [0.1, 0.15) is 6.54 Å². The fraction of sp³-hybridized carbons (Fsp3) is 0.400. The quantitative estimate of drug-likeness (QED) is 0.665. The lowest BCUT2D eigenvalue weighted by molar-refractivity contribution is -0.117. The zero-order valence-electron chi connectivity index (χ0n) is 18.3. The Balaban J connectivity index is 1.32. The van der Waals surface area contributed by atoms with Crippen molar-refractivity contribution in [3.05, 3.63) is 70.6 Å². The van der Waals surface area contributed by atoms with Gasteiger partial charge in [-0.3, -0.25) is 9.59 Å². The molecule has 1 amide bonds. The third-order valence-electron chi connectivity index (χ3n) is 6.38. The van der Waals surface area contributed by atoms with Crippen molar-refractivity contribution in [2.75, 3.05) is 25.5 Å². The van der Waals surface area contributed by atoms with Crippen molar-refractivity contribution in [3.63, 3.8) is 0 Å². The van der Waals surface area contributed by atoms with Crippen LogP contribution in [0.3, 0.4) is 0 Å². The molecule has 1 aliphatic rings. The Labute approximate surface area is 182 Å². The molecule has 2 heterocycles. The maximum atomic E-state index is 12.5. The second-order valence-corrected chi connectivity index (χ2v) is 8.77. The highest BCUT2D eigenvalue weighted by atomic mass is 16.2. The first kappa shape index (κ1) is 21.2. The second kappa shape index (κ2) is 9.43. The number of likely N-dealkylation sites (tertiary alicyclic amines) is 1. The van der Waals surface area contributed by atoms with Gasteiger partial charge in [0.25, 0.3) is 5.56 Å². The molecule has 0 radical (unpaired) electrons. The van der Waals surface area contributed by atoms with Crippen molar-refractivity contribution in [3.8, 4) is 0 Å². The van der Waals surface area contributed by atoms with Gasteiger partial charge in [-0.25, -0.2) is 4.68 Å². The SMILES string of the molecule is C[C@@H]1CN(C)CC[C@H]1CCc1ccc(NC(=O)Cn2ncc3ccccc3c2=O)cc1. The molecule has 0 spiro atoms. The molecule has 6 nitrogen and oxygen atoms in total. The van der Waals surface area contributed by atoms with Crippen LogP contribution in [0.4, 0.5) is 5.69 Å². The highest BCUT2D eigenvalue weighted by Gasteiger charge is 2.23. The van der Waals surface area contributed by atoms with E-state index in [9.17, 15) is 9.59 Å². The lowest BCUT2D eigenvalue weighted by Crippen LogP contribution is -2.36. The van der Waals surface area contributed by atoms with Gasteiger partial charge in [-0.2, -0.15) is 5.10 Å². The van der Waals surface area contributed by atoms with Crippen molar-refractivity contribution >= 4 is 22.4 Å². The van der Waals surface area contributed by atoms with E-state index >= 15 is 0 Å². The smallest absolute Gasteiger partial charge is 0.275 e. The number of rotatable bonds is 6. The average Bonchev–Trinajstić information content (AvgIpc) is 2.76. The monoisotopic (exact) mass is 418 g/mol. The van der Waals surface area contributed by atoms with Crippen LogP contribution in [0.15, 0.2) is 59.5 Å². The number of nitrogens with one attached hydrogen (secondary N) is 1. The molecule has 1 N–H and O–H groups in total. The van der Waals surface area contributed by atoms with E-state index in [0.717, 1.165) is 29.3 Å². The molecule has 162 valence electrons. The van der Waals surface area contributed by atoms with Gasteiger partial charge in [0.15, 0.2) is 0 Å². The van der Waals surface area contributed by atoms with Crippen LogP contribution in [0.25, 0.3) is 10.8 Å². The lowest BCUT2D eigenvalue weighted by atomic mass is 9.83. The molecule has 3 aromatic rings. The topological polar surface area (TPSA) is 67.2 Å². The summed E-state index contributed by atoms with van der Waals surface area (Å²) >= 11 is 0. The van der Waals surface area contributed by atoms with E-state index in [1.165, 1.54) is 36.2 Å². The summed E-state index contributed by atoms with van der Waals surface area (Å²) in [6.07, 6.45) is 5.15. The number of hydrogen-bond acceptors (Lipinski definition) is 4. The summed E-state index contributed by atoms with van der Waals surface area (Å²) < 4.78 is 1.20. The van der Waals surface area contributed by atoms with E-state index in [2.05, 4.69) is 41.4 Å². The van der Waals surface area contributed by atoms with Gasteiger partial charge in [0.2, 0.25) is 5.91 Å². The highest BCUT2D eigenvalue weighted by Crippen LogP contribution is 2.27. The summed E-state index contributed by atoms with van der Waals surface area (Å²) in [7, 11) is 2.20. The number of anilines is 1. The molecule has 0 aliphatic carbocycles. The summed E-state index contributed by atoms with van der Waals surface area (Å²) in [5.74, 6) is 1.26. The van der Waals surface area contributed by atoms with Crippen LogP contribution >= 0.6 is 0 Å². The van der Waals surface area contributed by atoms with Crippen molar-refractivity contribution in [2.45, 2.75) is 32.7 Å². The zero-order chi connectivity index (χ0) is 21.8. The Morgan fingerprint density at radius 1 is 1.16 bits per heavy atom.